The molecule has 56 valence electrons. The van der Waals surface area contributed by atoms with Crippen LogP contribution in [0.4, 0.5) is 0 Å². The lowest BCUT2D eigenvalue weighted by molar-refractivity contribution is 0.412. The van der Waals surface area contributed by atoms with E-state index in [9.17, 15) is 0 Å². The zero-order valence-electron chi connectivity index (χ0n) is 6.78. The van der Waals surface area contributed by atoms with Gasteiger partial charge in [-0.05, 0) is 7.05 Å². The van der Waals surface area contributed by atoms with Crippen LogP contribution in [0.5, 0.6) is 0 Å². The summed E-state index contributed by atoms with van der Waals surface area (Å²) in [7, 11) is 2.11. The molecule has 0 saturated carbocycles. The first-order chi connectivity index (χ1) is 4.31. The van der Waals surface area contributed by atoms with Gasteiger partial charge < -0.3 is 5.32 Å². The van der Waals surface area contributed by atoms with Crippen LogP contribution in [-0.2, 0) is 0 Å². The maximum atomic E-state index is 3.20. The van der Waals surface area contributed by atoms with Crippen LogP contribution in [0.1, 0.15) is 20.3 Å². The maximum absolute atomic E-state index is 3.20. The number of hydrogen-bond acceptors (Lipinski definition) is 2. The summed E-state index contributed by atoms with van der Waals surface area (Å²) < 4.78 is 0. The van der Waals surface area contributed by atoms with Gasteiger partial charge in [-0.25, -0.2) is 0 Å². The predicted molar refractivity (Wildman–Crippen MR) is 41.5 cm³/mol. The molecule has 0 aromatic heterocycles. The first-order valence-corrected chi connectivity index (χ1v) is 3.70. The standard InChI is InChI=1S/C4H10N2.C3H8/c1-6-3-2-5-4-6;1-3-2/h5H,2-4H2,1H3;3H2,1-2H3. The second-order valence-corrected chi connectivity index (χ2v) is 2.44. The number of nitrogens with one attached hydrogen (secondary N) is 1. The third-order valence-electron chi connectivity index (χ3n) is 1.05. The minimum absolute atomic E-state index is 1.07. The number of likely N-dealkylation sites (N-methyl/N-ethyl adjacent to an activating group) is 1. The topological polar surface area (TPSA) is 15.3 Å². The molecular formula is C7H18N2. The summed E-state index contributed by atoms with van der Waals surface area (Å²) in [4.78, 5) is 2.25. The van der Waals surface area contributed by atoms with Crippen molar-refractivity contribution < 1.29 is 0 Å². The minimum atomic E-state index is 1.07. The van der Waals surface area contributed by atoms with E-state index in [4.69, 9.17) is 0 Å². The first kappa shape index (κ1) is 8.92. The molecular weight excluding hydrogens is 112 g/mol. The van der Waals surface area contributed by atoms with Gasteiger partial charge in [0, 0.05) is 19.8 Å². The van der Waals surface area contributed by atoms with Crippen LogP contribution >= 0.6 is 0 Å². The van der Waals surface area contributed by atoms with E-state index in [2.05, 4.69) is 31.1 Å². The lowest BCUT2D eigenvalue weighted by atomic mass is 10.6. The van der Waals surface area contributed by atoms with Crippen molar-refractivity contribution in [2.75, 3.05) is 26.8 Å². The van der Waals surface area contributed by atoms with Crippen LogP contribution in [0.15, 0.2) is 0 Å². The highest BCUT2D eigenvalue weighted by molar-refractivity contribution is 4.59. The van der Waals surface area contributed by atoms with Crippen LogP contribution < -0.4 is 5.32 Å². The lowest BCUT2D eigenvalue weighted by Crippen LogP contribution is -2.15. The molecule has 2 heteroatoms. The molecule has 0 unspecified atom stereocenters. The molecule has 1 fully saturated rings. The van der Waals surface area contributed by atoms with Gasteiger partial charge in [-0.2, -0.15) is 0 Å². The summed E-state index contributed by atoms with van der Waals surface area (Å²) in [6, 6.07) is 0. The van der Waals surface area contributed by atoms with Gasteiger partial charge >= 0.3 is 0 Å². The Balaban J connectivity index is 0.000000187. The summed E-state index contributed by atoms with van der Waals surface area (Å²) in [5.41, 5.74) is 0. The highest BCUT2D eigenvalue weighted by atomic mass is 15.3. The van der Waals surface area contributed by atoms with E-state index in [1.165, 1.54) is 13.0 Å². The smallest absolute Gasteiger partial charge is 0.0478 e. The van der Waals surface area contributed by atoms with Gasteiger partial charge in [0.25, 0.3) is 0 Å². The average Bonchev–Trinajstić information content (AvgIpc) is 2.20. The van der Waals surface area contributed by atoms with Crippen LogP contribution in [0.25, 0.3) is 0 Å². The fraction of sp³-hybridized carbons (Fsp3) is 1.00. The molecule has 1 aliphatic heterocycles. The van der Waals surface area contributed by atoms with E-state index in [0.717, 1.165) is 13.2 Å². The van der Waals surface area contributed by atoms with Gasteiger partial charge in [0.05, 0.1) is 0 Å². The Morgan fingerprint density at radius 2 is 2.00 bits per heavy atom. The molecule has 1 saturated heterocycles. The third kappa shape index (κ3) is 5.80. The lowest BCUT2D eigenvalue weighted by Gasteiger charge is -1.99. The van der Waals surface area contributed by atoms with E-state index in [0.29, 0.717) is 0 Å². The van der Waals surface area contributed by atoms with Crippen LogP contribution in [0.3, 0.4) is 0 Å². The Morgan fingerprint density at radius 1 is 1.44 bits per heavy atom. The van der Waals surface area contributed by atoms with E-state index < -0.39 is 0 Å². The van der Waals surface area contributed by atoms with Gasteiger partial charge in [0.2, 0.25) is 0 Å². The molecule has 0 aliphatic carbocycles. The normalized spacial score (nSPS) is 19.0. The molecule has 0 amide bonds. The molecule has 0 bridgehead atoms. The number of hydrogen-bond donors (Lipinski definition) is 1. The largest absolute Gasteiger partial charge is 0.303 e. The van der Waals surface area contributed by atoms with Crippen molar-refractivity contribution in [2.24, 2.45) is 0 Å². The van der Waals surface area contributed by atoms with E-state index in [1.54, 1.807) is 0 Å². The van der Waals surface area contributed by atoms with Gasteiger partial charge in [-0.15, -0.1) is 0 Å². The average molecular weight is 130 g/mol. The molecule has 1 heterocycles. The highest BCUT2D eigenvalue weighted by Gasteiger charge is 2.01. The predicted octanol–water partition coefficient (Wildman–Crippen LogP) is 0.895. The Bertz CT molecular complexity index is 48.9. The monoisotopic (exact) mass is 130 g/mol. The van der Waals surface area contributed by atoms with E-state index in [-0.39, 0.29) is 0 Å². The first-order valence-electron chi connectivity index (χ1n) is 3.70. The van der Waals surface area contributed by atoms with Gasteiger partial charge in [-0.3, -0.25) is 4.90 Å². The second-order valence-electron chi connectivity index (χ2n) is 2.44. The van der Waals surface area contributed by atoms with Gasteiger partial charge in [-0.1, -0.05) is 20.3 Å². The second kappa shape index (κ2) is 6.05. The van der Waals surface area contributed by atoms with Crippen molar-refractivity contribution in [3.05, 3.63) is 0 Å². The Hall–Kier alpha value is -0.0800. The zero-order valence-corrected chi connectivity index (χ0v) is 6.78. The molecule has 9 heavy (non-hydrogen) atoms. The molecule has 0 radical (unpaired) electrons. The molecule has 0 spiro atoms. The summed E-state index contributed by atoms with van der Waals surface area (Å²) in [6.07, 6.45) is 1.25. The van der Waals surface area contributed by atoms with Gasteiger partial charge in [0.1, 0.15) is 0 Å². The third-order valence-corrected chi connectivity index (χ3v) is 1.05. The van der Waals surface area contributed by atoms with E-state index >= 15 is 0 Å². The van der Waals surface area contributed by atoms with Crippen molar-refractivity contribution in [3.8, 4) is 0 Å². The highest BCUT2D eigenvalue weighted by Crippen LogP contribution is 1.82. The fourth-order valence-corrected chi connectivity index (χ4v) is 0.619. The Morgan fingerprint density at radius 3 is 2.11 bits per heavy atom. The number of rotatable bonds is 0. The maximum Gasteiger partial charge on any atom is 0.0478 e. The van der Waals surface area contributed by atoms with Crippen LogP contribution in [0, 0.1) is 0 Å². The van der Waals surface area contributed by atoms with E-state index in [1.807, 2.05) is 0 Å². The fourth-order valence-electron chi connectivity index (χ4n) is 0.619. The Kier molecular flexibility index (Phi) is 5.99. The molecule has 0 atom stereocenters. The van der Waals surface area contributed by atoms with Crippen molar-refractivity contribution in [3.63, 3.8) is 0 Å². The Labute approximate surface area is 58.2 Å². The minimum Gasteiger partial charge on any atom is -0.303 e. The molecule has 2 nitrogen and oxygen atoms in total. The molecule has 1 N–H and O–H groups in total. The number of nitrogens with zero attached hydrogens (tertiary/aromatic N) is 1. The van der Waals surface area contributed by atoms with Gasteiger partial charge in [0.15, 0.2) is 0 Å². The van der Waals surface area contributed by atoms with Crippen LogP contribution in [0.2, 0.25) is 0 Å². The molecule has 1 aliphatic rings. The molecule has 0 aromatic rings. The molecule has 0 aromatic carbocycles. The van der Waals surface area contributed by atoms with Crippen molar-refractivity contribution >= 4 is 0 Å². The zero-order chi connectivity index (χ0) is 7.11. The van der Waals surface area contributed by atoms with Crippen LogP contribution in [-0.4, -0.2) is 31.7 Å². The van der Waals surface area contributed by atoms with Crippen molar-refractivity contribution in [1.29, 1.82) is 0 Å². The SMILES string of the molecule is CCC.CN1CCNC1. The summed E-state index contributed by atoms with van der Waals surface area (Å²) >= 11 is 0. The quantitative estimate of drug-likeness (QED) is 0.524. The summed E-state index contributed by atoms with van der Waals surface area (Å²) in [5.74, 6) is 0. The van der Waals surface area contributed by atoms with Crippen molar-refractivity contribution in [1.82, 2.24) is 10.2 Å². The molecule has 1 rings (SSSR count). The summed E-state index contributed by atoms with van der Waals surface area (Å²) in [5, 5.41) is 3.20. The van der Waals surface area contributed by atoms with Crippen molar-refractivity contribution in [2.45, 2.75) is 20.3 Å². The summed E-state index contributed by atoms with van der Waals surface area (Å²) in [6.45, 7) is 7.69.